The Balaban J connectivity index is 1.95. The van der Waals surface area contributed by atoms with E-state index in [2.05, 4.69) is 43.9 Å². The van der Waals surface area contributed by atoms with E-state index in [-0.39, 0.29) is 0 Å². The molecule has 1 aliphatic heterocycles. The van der Waals surface area contributed by atoms with Gasteiger partial charge in [0, 0.05) is 49.6 Å². The van der Waals surface area contributed by atoms with Crippen LogP contribution in [-0.2, 0) is 14.0 Å². The van der Waals surface area contributed by atoms with Crippen molar-refractivity contribution >= 4 is 58.2 Å². The van der Waals surface area contributed by atoms with Crippen LogP contribution < -0.4 is 15.5 Å². The Labute approximate surface area is 212 Å². The van der Waals surface area contributed by atoms with Crippen LogP contribution in [0.2, 0.25) is 0 Å². The molecular weight excluding hydrogens is 549 g/mol. The number of ether oxygens (including phenoxy) is 1. The summed E-state index contributed by atoms with van der Waals surface area (Å²) in [6, 6.07) is 9.88. The Bertz CT molecular complexity index is 976. The van der Waals surface area contributed by atoms with E-state index in [0.717, 1.165) is 41.2 Å². The van der Waals surface area contributed by atoms with E-state index in [1.54, 1.807) is 13.3 Å². The second kappa shape index (κ2) is 11.0. The summed E-state index contributed by atoms with van der Waals surface area (Å²) in [5.74, 6) is 0.837. The number of anilines is 2. The van der Waals surface area contributed by atoms with Gasteiger partial charge in [-0.15, -0.1) is 0 Å². The topological polar surface area (TPSA) is 79.7 Å². The number of aromatic nitrogens is 1. The second-order valence-electron chi connectivity index (χ2n) is 8.96. The smallest absolute Gasteiger partial charge is 0.399 e. The monoisotopic (exact) mass is 582 g/mol. The van der Waals surface area contributed by atoms with Crippen LogP contribution in [0.15, 0.2) is 36.5 Å². The van der Waals surface area contributed by atoms with Gasteiger partial charge in [-0.1, -0.05) is 12.1 Å². The number of nitrogens with zero attached hydrogens (tertiary/aromatic N) is 2. The van der Waals surface area contributed by atoms with Gasteiger partial charge in [-0.05, 0) is 80.3 Å². The molecule has 0 radical (unpaired) electrons. The highest BCUT2D eigenvalue weighted by atomic mass is 127. The molecule has 1 unspecified atom stereocenters. The first-order valence-electron chi connectivity index (χ1n) is 11.0. The van der Waals surface area contributed by atoms with Crippen molar-refractivity contribution in [1.82, 2.24) is 4.98 Å². The average molecular weight is 582 g/mol. The van der Waals surface area contributed by atoms with Crippen LogP contribution in [0.1, 0.15) is 45.7 Å². The molecule has 1 saturated heterocycles. The third-order valence-electron chi connectivity index (χ3n) is 6.33. The molecule has 3 rings (SSSR count). The molecule has 1 aliphatic rings. The maximum Gasteiger partial charge on any atom is 0.494 e. The third kappa shape index (κ3) is 5.88. The van der Waals surface area contributed by atoms with Crippen LogP contribution in [0.3, 0.4) is 0 Å². The number of pyridine rings is 1. The summed E-state index contributed by atoms with van der Waals surface area (Å²) in [4.78, 5) is 6.67. The minimum Gasteiger partial charge on any atom is -0.399 e. The highest BCUT2D eigenvalue weighted by Crippen LogP contribution is 2.37. The molecule has 2 heterocycles. The molecule has 1 aromatic carbocycles. The van der Waals surface area contributed by atoms with Crippen LogP contribution >= 0.6 is 28.4 Å². The first kappa shape index (κ1) is 26.4. The van der Waals surface area contributed by atoms with Crippen molar-refractivity contribution in [2.24, 2.45) is 0 Å². The standard InChI is InChI=1S/C23H33BIN4O3P/c1-7-29(12-13-30-6)20-14-16(10-11-27-20)21(26)18-15-17(8-9-19(18)28-33-25)24-31-22(2,3)23(4,5)32-24/h8-11,14-15,26,28,33H,7,12-13H2,1-6H3. The molecule has 33 heavy (non-hydrogen) atoms. The number of rotatable bonds is 10. The molecule has 2 aromatic rings. The summed E-state index contributed by atoms with van der Waals surface area (Å²) in [5.41, 5.74) is 3.02. The van der Waals surface area contributed by atoms with Crippen molar-refractivity contribution in [2.45, 2.75) is 45.8 Å². The van der Waals surface area contributed by atoms with Gasteiger partial charge in [0.05, 0.1) is 23.5 Å². The Morgan fingerprint density at radius 2 is 1.91 bits per heavy atom. The van der Waals surface area contributed by atoms with Gasteiger partial charge >= 0.3 is 7.12 Å². The quantitative estimate of drug-likeness (QED) is 0.184. The maximum atomic E-state index is 9.05. The van der Waals surface area contributed by atoms with Gasteiger partial charge in [-0.3, -0.25) is 5.41 Å². The Hall–Kier alpha value is -1.26. The number of nitrogens with one attached hydrogen (secondary N) is 2. The van der Waals surface area contributed by atoms with Crippen molar-refractivity contribution in [3.8, 4) is 0 Å². The van der Waals surface area contributed by atoms with Gasteiger partial charge in [0.15, 0.2) is 0 Å². The van der Waals surface area contributed by atoms with Crippen LogP contribution in [0.4, 0.5) is 11.5 Å². The number of halogens is 1. The normalized spacial score (nSPS) is 17.0. The zero-order valence-corrected chi connectivity index (χ0v) is 23.3. The second-order valence-corrected chi connectivity index (χ2v) is 11.0. The molecule has 0 spiro atoms. The van der Waals surface area contributed by atoms with E-state index in [4.69, 9.17) is 19.5 Å². The van der Waals surface area contributed by atoms with Crippen LogP contribution in [0, 0.1) is 5.41 Å². The minimum atomic E-state index is -0.477. The van der Waals surface area contributed by atoms with Gasteiger partial charge in [0.2, 0.25) is 0 Å². The SMILES string of the molecule is CCN(CCOC)c1cc(C(=N)c2cc(B3OC(C)(C)C(C)(C)O3)ccc2NPI)ccn1. The number of likely N-dealkylation sites (N-methyl/N-ethyl adjacent to an activating group) is 1. The van der Waals surface area contributed by atoms with E-state index < -0.39 is 18.3 Å². The fraction of sp³-hybridized carbons (Fsp3) is 0.478. The minimum absolute atomic E-state index is 0.419. The number of hydrogen-bond acceptors (Lipinski definition) is 7. The summed E-state index contributed by atoms with van der Waals surface area (Å²) in [6.07, 6.45) is 2.25. The predicted molar refractivity (Wildman–Crippen MR) is 148 cm³/mol. The first-order chi connectivity index (χ1) is 15.6. The Morgan fingerprint density at radius 3 is 2.52 bits per heavy atom. The molecule has 0 amide bonds. The van der Waals surface area contributed by atoms with Crippen LogP contribution in [0.25, 0.3) is 0 Å². The number of methoxy groups -OCH3 is 1. The fourth-order valence-electron chi connectivity index (χ4n) is 3.59. The van der Waals surface area contributed by atoms with Crippen molar-refractivity contribution in [3.05, 3.63) is 47.7 Å². The van der Waals surface area contributed by atoms with Gasteiger partial charge in [-0.2, -0.15) is 0 Å². The van der Waals surface area contributed by atoms with Crippen molar-refractivity contribution < 1.29 is 14.0 Å². The van der Waals surface area contributed by atoms with Crippen molar-refractivity contribution in [3.63, 3.8) is 0 Å². The lowest BCUT2D eigenvalue weighted by atomic mass is 9.77. The molecule has 2 N–H and O–H groups in total. The lowest BCUT2D eigenvalue weighted by molar-refractivity contribution is 0.00578. The number of hydrogen-bond donors (Lipinski definition) is 2. The van der Waals surface area contributed by atoms with Gasteiger partial charge in [0.1, 0.15) is 5.82 Å². The lowest BCUT2D eigenvalue weighted by Crippen LogP contribution is -2.41. The maximum absolute atomic E-state index is 9.05. The van der Waals surface area contributed by atoms with Crippen molar-refractivity contribution in [2.75, 3.05) is 36.8 Å². The lowest BCUT2D eigenvalue weighted by Gasteiger charge is -2.32. The van der Waals surface area contributed by atoms with E-state index in [1.165, 1.54) is 0 Å². The fourth-order valence-corrected chi connectivity index (χ4v) is 4.78. The van der Waals surface area contributed by atoms with Crippen molar-refractivity contribution in [1.29, 1.82) is 5.41 Å². The molecule has 0 saturated carbocycles. The summed E-state index contributed by atoms with van der Waals surface area (Å²) < 4.78 is 17.7. The van der Waals surface area contributed by atoms with E-state index >= 15 is 0 Å². The van der Waals surface area contributed by atoms with E-state index in [9.17, 15) is 0 Å². The summed E-state index contributed by atoms with van der Waals surface area (Å²) >= 11 is 2.30. The molecule has 178 valence electrons. The first-order valence-corrected chi connectivity index (χ1v) is 15.2. The van der Waals surface area contributed by atoms with E-state index in [0.29, 0.717) is 18.7 Å². The molecule has 1 fully saturated rings. The van der Waals surface area contributed by atoms with Gasteiger partial charge in [-0.25, -0.2) is 4.98 Å². The molecule has 0 aliphatic carbocycles. The average Bonchev–Trinajstić information content (AvgIpc) is 3.01. The largest absolute Gasteiger partial charge is 0.494 e. The summed E-state index contributed by atoms with van der Waals surface area (Å²) in [5, 5.41) is 12.5. The molecular formula is C23H33BIN4O3P. The van der Waals surface area contributed by atoms with Gasteiger partial charge < -0.3 is 24.0 Å². The predicted octanol–water partition coefficient (Wildman–Crippen LogP) is 4.63. The zero-order valence-electron chi connectivity index (χ0n) is 20.2. The van der Waals surface area contributed by atoms with E-state index in [1.807, 2.05) is 58.0 Å². The van der Waals surface area contributed by atoms with Crippen LogP contribution in [-0.4, -0.2) is 55.8 Å². The zero-order chi connectivity index (χ0) is 24.2. The number of benzene rings is 1. The van der Waals surface area contributed by atoms with Crippen LogP contribution in [0.5, 0.6) is 0 Å². The summed E-state index contributed by atoms with van der Waals surface area (Å²) in [6.45, 7) is 12.5. The summed E-state index contributed by atoms with van der Waals surface area (Å²) in [7, 11) is 1.22. The molecule has 7 nitrogen and oxygen atoms in total. The van der Waals surface area contributed by atoms with Gasteiger partial charge in [0.25, 0.3) is 0 Å². The Morgan fingerprint density at radius 1 is 1.21 bits per heavy atom. The molecule has 0 bridgehead atoms. The molecule has 1 atom stereocenters. The highest BCUT2D eigenvalue weighted by molar-refractivity contribution is 14.2. The molecule has 1 aromatic heterocycles. The highest BCUT2D eigenvalue weighted by Gasteiger charge is 2.51. The Kier molecular flexibility index (Phi) is 8.78. The molecule has 10 heteroatoms. The third-order valence-corrected chi connectivity index (χ3v) is 7.50.